The van der Waals surface area contributed by atoms with E-state index in [0.29, 0.717) is 31.7 Å². The fraction of sp³-hybridized carbons (Fsp3) is 0.269. The van der Waals surface area contributed by atoms with Crippen LogP contribution in [0.5, 0.6) is 11.5 Å². The third-order valence-electron chi connectivity index (χ3n) is 5.67. The molecule has 1 aliphatic rings. The molecule has 4 N–H and O–H groups in total. The number of amides is 2. The summed E-state index contributed by atoms with van der Waals surface area (Å²) in [5.41, 5.74) is 7.06. The standard InChI is InChI=1S/C26H28N4O4S/c27-25(28)19-13-22(35-17-19)14-29-26(32)23-7-4-12-30(23)24(31)16-33-15-18-8-10-21(11-9-18)34-20-5-2-1-3-6-20/h1-3,5-6,8-11,13,17,23H,4,7,12,14-16H2,(H3,27,28)(H,29,32)/t23-/m0/s1. The number of rotatable bonds is 10. The van der Waals surface area contributed by atoms with E-state index in [2.05, 4.69) is 5.32 Å². The van der Waals surface area contributed by atoms with Crippen LogP contribution in [-0.4, -0.2) is 41.7 Å². The minimum absolute atomic E-state index is 0.00264. The molecule has 0 radical (unpaired) electrons. The number of nitrogens with two attached hydrogens (primary N) is 1. The average Bonchev–Trinajstić information content (AvgIpc) is 3.55. The van der Waals surface area contributed by atoms with Gasteiger partial charge in [0, 0.05) is 22.4 Å². The molecule has 1 aliphatic heterocycles. The highest BCUT2D eigenvalue weighted by Gasteiger charge is 2.33. The average molecular weight is 493 g/mol. The van der Waals surface area contributed by atoms with Crippen LogP contribution in [-0.2, 0) is 27.5 Å². The summed E-state index contributed by atoms with van der Waals surface area (Å²) in [6, 6.07) is 18.4. The molecular formula is C26H28N4O4S. The van der Waals surface area contributed by atoms with E-state index in [-0.39, 0.29) is 24.3 Å². The number of carbonyl (C=O) groups is 2. The van der Waals surface area contributed by atoms with E-state index in [9.17, 15) is 9.59 Å². The third-order valence-corrected chi connectivity index (χ3v) is 6.61. The minimum Gasteiger partial charge on any atom is -0.457 e. The monoisotopic (exact) mass is 492 g/mol. The summed E-state index contributed by atoms with van der Waals surface area (Å²) in [6.07, 6.45) is 1.41. The Morgan fingerprint density at radius 3 is 2.57 bits per heavy atom. The SMILES string of the molecule is N=C(N)c1csc(CNC(=O)[C@@H]2CCCN2C(=O)COCc2ccc(Oc3ccccc3)cc2)c1. The predicted molar refractivity (Wildman–Crippen MR) is 135 cm³/mol. The number of ether oxygens (including phenoxy) is 2. The van der Waals surface area contributed by atoms with Gasteiger partial charge in [-0.05, 0) is 48.7 Å². The number of benzene rings is 2. The summed E-state index contributed by atoms with van der Waals surface area (Å²) in [5, 5.41) is 12.2. The fourth-order valence-electron chi connectivity index (χ4n) is 3.86. The van der Waals surface area contributed by atoms with Crippen molar-refractivity contribution in [3.8, 4) is 11.5 Å². The lowest BCUT2D eigenvalue weighted by Crippen LogP contribution is -2.46. The lowest BCUT2D eigenvalue weighted by Gasteiger charge is -2.24. The maximum absolute atomic E-state index is 12.7. The van der Waals surface area contributed by atoms with E-state index in [0.717, 1.165) is 28.4 Å². The van der Waals surface area contributed by atoms with Crippen molar-refractivity contribution in [2.45, 2.75) is 32.0 Å². The molecule has 2 aromatic carbocycles. The van der Waals surface area contributed by atoms with Gasteiger partial charge in [-0.1, -0.05) is 30.3 Å². The minimum atomic E-state index is -0.493. The quantitative estimate of drug-likeness (QED) is 0.295. The Kier molecular flexibility index (Phi) is 8.12. The zero-order valence-electron chi connectivity index (χ0n) is 19.2. The maximum atomic E-state index is 12.7. The Hall–Kier alpha value is -3.69. The molecule has 0 spiro atoms. The number of nitrogen functional groups attached to an aromatic ring is 1. The lowest BCUT2D eigenvalue weighted by molar-refractivity contribution is -0.142. The zero-order chi connectivity index (χ0) is 24.6. The highest BCUT2D eigenvalue weighted by Crippen LogP contribution is 2.22. The number of likely N-dealkylation sites (tertiary alicyclic amines) is 1. The number of carbonyl (C=O) groups excluding carboxylic acids is 2. The van der Waals surface area contributed by atoms with Gasteiger partial charge in [0.15, 0.2) is 0 Å². The van der Waals surface area contributed by atoms with Crippen LogP contribution in [0.3, 0.4) is 0 Å². The number of nitrogens with one attached hydrogen (secondary N) is 2. The normalized spacial score (nSPS) is 15.1. The molecule has 8 nitrogen and oxygen atoms in total. The van der Waals surface area contributed by atoms with Crippen molar-refractivity contribution in [3.05, 3.63) is 82.0 Å². The van der Waals surface area contributed by atoms with Crippen LogP contribution >= 0.6 is 11.3 Å². The zero-order valence-corrected chi connectivity index (χ0v) is 20.1. The van der Waals surface area contributed by atoms with Gasteiger partial charge >= 0.3 is 0 Å². The Labute approximate surface area is 208 Å². The first-order valence-corrected chi connectivity index (χ1v) is 12.3. The molecule has 0 unspecified atom stereocenters. The Morgan fingerprint density at radius 1 is 1.11 bits per heavy atom. The van der Waals surface area contributed by atoms with Crippen LogP contribution < -0.4 is 15.8 Å². The summed E-state index contributed by atoms with van der Waals surface area (Å²) in [6.45, 7) is 1.09. The van der Waals surface area contributed by atoms with Crippen molar-refractivity contribution in [3.63, 3.8) is 0 Å². The molecule has 3 aromatic rings. The van der Waals surface area contributed by atoms with Crippen molar-refractivity contribution in [2.75, 3.05) is 13.2 Å². The molecule has 35 heavy (non-hydrogen) atoms. The van der Waals surface area contributed by atoms with Gasteiger partial charge in [-0.25, -0.2) is 0 Å². The number of nitrogens with zero attached hydrogens (tertiary/aromatic N) is 1. The number of hydrogen-bond donors (Lipinski definition) is 3. The molecule has 182 valence electrons. The van der Waals surface area contributed by atoms with Crippen molar-refractivity contribution >= 4 is 29.0 Å². The smallest absolute Gasteiger partial charge is 0.249 e. The largest absolute Gasteiger partial charge is 0.457 e. The topological polar surface area (TPSA) is 118 Å². The Bertz CT molecular complexity index is 1160. The van der Waals surface area contributed by atoms with E-state index in [1.807, 2.05) is 54.6 Å². The molecule has 1 saturated heterocycles. The summed E-state index contributed by atoms with van der Waals surface area (Å²) in [4.78, 5) is 27.9. The molecule has 4 rings (SSSR count). The van der Waals surface area contributed by atoms with Gasteiger partial charge in [-0.15, -0.1) is 11.3 Å². The van der Waals surface area contributed by atoms with E-state index >= 15 is 0 Å². The number of thiophene rings is 1. The molecule has 1 fully saturated rings. The van der Waals surface area contributed by atoms with E-state index < -0.39 is 6.04 Å². The van der Waals surface area contributed by atoms with Gasteiger partial charge in [0.1, 0.15) is 30.0 Å². The number of amidine groups is 1. The van der Waals surface area contributed by atoms with E-state index in [1.165, 1.54) is 11.3 Å². The second kappa shape index (κ2) is 11.6. The van der Waals surface area contributed by atoms with Crippen LogP contribution in [0, 0.1) is 5.41 Å². The molecule has 0 aliphatic carbocycles. The molecule has 2 heterocycles. The first-order chi connectivity index (χ1) is 17.0. The van der Waals surface area contributed by atoms with Gasteiger partial charge in [0.05, 0.1) is 13.2 Å². The molecule has 9 heteroatoms. The third kappa shape index (κ3) is 6.68. The first kappa shape index (κ1) is 24.4. The number of para-hydroxylation sites is 1. The Balaban J connectivity index is 1.22. The molecular weight excluding hydrogens is 464 g/mol. The predicted octanol–water partition coefficient (Wildman–Crippen LogP) is 3.65. The summed E-state index contributed by atoms with van der Waals surface area (Å²) < 4.78 is 11.4. The summed E-state index contributed by atoms with van der Waals surface area (Å²) >= 11 is 1.44. The Morgan fingerprint density at radius 2 is 1.86 bits per heavy atom. The van der Waals surface area contributed by atoms with Crippen LogP contribution in [0.4, 0.5) is 0 Å². The maximum Gasteiger partial charge on any atom is 0.249 e. The van der Waals surface area contributed by atoms with Crippen molar-refractivity contribution in [1.29, 1.82) is 5.41 Å². The van der Waals surface area contributed by atoms with E-state index in [4.69, 9.17) is 20.6 Å². The van der Waals surface area contributed by atoms with Gasteiger partial charge in [-0.2, -0.15) is 0 Å². The lowest BCUT2D eigenvalue weighted by atomic mass is 10.2. The number of hydrogen-bond acceptors (Lipinski definition) is 6. The second-order valence-electron chi connectivity index (χ2n) is 8.23. The van der Waals surface area contributed by atoms with Gasteiger partial charge < -0.3 is 25.4 Å². The fourth-order valence-corrected chi connectivity index (χ4v) is 4.69. The van der Waals surface area contributed by atoms with Crippen molar-refractivity contribution in [1.82, 2.24) is 10.2 Å². The molecule has 2 amide bonds. The molecule has 1 aromatic heterocycles. The first-order valence-electron chi connectivity index (χ1n) is 11.4. The second-order valence-corrected chi connectivity index (χ2v) is 9.23. The molecule has 0 bridgehead atoms. The van der Waals surface area contributed by atoms with Crippen LogP contribution in [0.2, 0.25) is 0 Å². The summed E-state index contributed by atoms with van der Waals surface area (Å²) in [7, 11) is 0. The highest BCUT2D eigenvalue weighted by atomic mass is 32.1. The molecule has 0 saturated carbocycles. The summed E-state index contributed by atoms with van der Waals surface area (Å²) in [5.74, 6) is 1.12. The van der Waals surface area contributed by atoms with Crippen molar-refractivity contribution in [2.24, 2.45) is 5.73 Å². The highest BCUT2D eigenvalue weighted by molar-refractivity contribution is 7.10. The van der Waals surface area contributed by atoms with Gasteiger partial charge in [0.2, 0.25) is 11.8 Å². The van der Waals surface area contributed by atoms with E-state index in [1.54, 1.807) is 16.3 Å². The van der Waals surface area contributed by atoms with Crippen LogP contribution in [0.15, 0.2) is 66.0 Å². The van der Waals surface area contributed by atoms with Crippen LogP contribution in [0.1, 0.15) is 28.8 Å². The molecule has 1 atom stereocenters. The van der Waals surface area contributed by atoms with Crippen LogP contribution in [0.25, 0.3) is 0 Å². The van der Waals surface area contributed by atoms with Crippen molar-refractivity contribution < 1.29 is 19.1 Å². The van der Waals surface area contributed by atoms with Gasteiger partial charge in [-0.3, -0.25) is 15.0 Å². The van der Waals surface area contributed by atoms with Gasteiger partial charge in [0.25, 0.3) is 0 Å².